The van der Waals surface area contributed by atoms with Crippen LogP contribution < -0.4 is 4.90 Å². The Balaban J connectivity index is 1.95. The number of aromatic nitrogens is 2. The summed E-state index contributed by atoms with van der Waals surface area (Å²) >= 11 is 6.23. The zero-order valence-electron chi connectivity index (χ0n) is 14.9. The molecule has 0 aliphatic carbocycles. The number of fused-ring (bicyclic) bond motifs is 3. The van der Waals surface area contributed by atoms with Crippen molar-refractivity contribution in [3.63, 3.8) is 0 Å². The fourth-order valence-corrected chi connectivity index (χ4v) is 3.40. The van der Waals surface area contributed by atoms with Gasteiger partial charge in [-0.15, -0.1) is 0 Å². The van der Waals surface area contributed by atoms with E-state index in [9.17, 15) is 9.59 Å². The van der Waals surface area contributed by atoms with Gasteiger partial charge in [0, 0.05) is 24.8 Å². The van der Waals surface area contributed by atoms with E-state index in [-0.39, 0.29) is 23.9 Å². The van der Waals surface area contributed by atoms with E-state index < -0.39 is 0 Å². The lowest BCUT2D eigenvalue weighted by molar-refractivity contribution is -0.117. The predicted molar refractivity (Wildman–Crippen MR) is 104 cm³/mol. The lowest BCUT2D eigenvalue weighted by atomic mass is 10.2. The van der Waals surface area contributed by atoms with Gasteiger partial charge in [-0.25, -0.2) is 4.98 Å². The number of rotatable bonds is 2. The minimum atomic E-state index is -0.236. The second kappa shape index (κ2) is 6.55. The zero-order chi connectivity index (χ0) is 19.1. The topological polar surface area (TPSA) is 58.4 Å². The maximum Gasteiger partial charge on any atom is 0.273 e. The first-order valence-electron chi connectivity index (χ1n) is 8.43. The van der Waals surface area contributed by atoms with Gasteiger partial charge < -0.3 is 4.90 Å². The summed E-state index contributed by atoms with van der Waals surface area (Å²) in [5.41, 5.74) is 2.99. The number of benzene rings is 2. The van der Waals surface area contributed by atoms with Gasteiger partial charge in [-0.3, -0.25) is 19.1 Å². The van der Waals surface area contributed by atoms with E-state index in [0.717, 1.165) is 11.4 Å². The van der Waals surface area contributed by atoms with Crippen molar-refractivity contribution < 1.29 is 9.59 Å². The summed E-state index contributed by atoms with van der Waals surface area (Å²) in [7, 11) is 3.33. The minimum Gasteiger partial charge on any atom is -0.343 e. The Hall–Kier alpha value is -3.12. The summed E-state index contributed by atoms with van der Waals surface area (Å²) in [6, 6.07) is 14.7. The number of hydrogen-bond acceptors (Lipinski definition) is 3. The Morgan fingerprint density at radius 1 is 1.11 bits per heavy atom. The molecule has 4 rings (SSSR count). The summed E-state index contributed by atoms with van der Waals surface area (Å²) in [5, 5.41) is 0.524. The molecule has 1 aliphatic heterocycles. The molecule has 0 saturated carbocycles. The van der Waals surface area contributed by atoms with Gasteiger partial charge in [0.15, 0.2) is 0 Å². The van der Waals surface area contributed by atoms with Crippen LogP contribution in [0, 0.1) is 0 Å². The first-order valence-corrected chi connectivity index (χ1v) is 8.81. The second-order valence-corrected chi connectivity index (χ2v) is 6.92. The number of carbonyl (C=O) groups is 2. The lowest BCUT2D eigenvalue weighted by Crippen LogP contribution is -2.28. The van der Waals surface area contributed by atoms with Gasteiger partial charge in [-0.05, 0) is 30.3 Å². The maximum absolute atomic E-state index is 13.2. The Morgan fingerprint density at radius 3 is 2.56 bits per heavy atom. The third-order valence-corrected chi connectivity index (χ3v) is 4.73. The van der Waals surface area contributed by atoms with Gasteiger partial charge in [0.25, 0.3) is 5.91 Å². The summed E-state index contributed by atoms with van der Waals surface area (Å²) in [5.74, 6) is -0.392. The fraction of sp³-hybridized carbons (Fsp3) is 0.150. The number of anilines is 2. The monoisotopic (exact) mass is 380 g/mol. The summed E-state index contributed by atoms with van der Waals surface area (Å²) in [6.07, 6.45) is 1.64. The number of imidazole rings is 1. The number of carbonyl (C=O) groups excluding carboxylic acids is 2. The van der Waals surface area contributed by atoms with E-state index in [1.165, 1.54) is 4.90 Å². The maximum atomic E-state index is 13.2. The SMILES string of the molecule is CN(C)C(=O)c1ncn2c1CC(=O)N(c1ccccc1)c1cc(Cl)ccc1-2. The van der Waals surface area contributed by atoms with Crippen molar-refractivity contribution in [2.24, 2.45) is 0 Å². The number of amides is 2. The molecule has 0 saturated heterocycles. The Kier molecular flexibility index (Phi) is 4.20. The van der Waals surface area contributed by atoms with Crippen LogP contribution in [0.15, 0.2) is 54.9 Å². The first-order chi connectivity index (χ1) is 13.0. The van der Waals surface area contributed by atoms with Crippen molar-refractivity contribution in [1.82, 2.24) is 14.5 Å². The molecule has 0 N–H and O–H groups in total. The molecular weight excluding hydrogens is 364 g/mol. The third-order valence-electron chi connectivity index (χ3n) is 4.50. The fourth-order valence-electron chi connectivity index (χ4n) is 3.24. The smallest absolute Gasteiger partial charge is 0.273 e. The van der Waals surface area contributed by atoms with Gasteiger partial charge >= 0.3 is 0 Å². The van der Waals surface area contributed by atoms with Gasteiger partial charge in [0.1, 0.15) is 12.0 Å². The van der Waals surface area contributed by atoms with E-state index >= 15 is 0 Å². The van der Waals surface area contributed by atoms with E-state index in [2.05, 4.69) is 4.98 Å². The van der Waals surface area contributed by atoms with Gasteiger partial charge in [-0.1, -0.05) is 29.8 Å². The normalized spacial score (nSPS) is 13.0. The van der Waals surface area contributed by atoms with E-state index in [4.69, 9.17) is 11.6 Å². The number of halogens is 1. The quantitative estimate of drug-likeness (QED) is 0.684. The van der Waals surface area contributed by atoms with E-state index in [1.807, 2.05) is 36.4 Å². The molecule has 136 valence electrons. The average Bonchev–Trinajstić information content (AvgIpc) is 3.00. The molecule has 2 aromatic carbocycles. The highest BCUT2D eigenvalue weighted by Gasteiger charge is 2.31. The average molecular weight is 381 g/mol. The molecule has 3 aromatic rings. The van der Waals surface area contributed by atoms with Crippen LogP contribution in [0.4, 0.5) is 11.4 Å². The number of hydrogen-bond donors (Lipinski definition) is 0. The van der Waals surface area contributed by atoms with Crippen LogP contribution >= 0.6 is 11.6 Å². The lowest BCUT2D eigenvalue weighted by Gasteiger charge is -2.23. The van der Waals surface area contributed by atoms with Crippen molar-refractivity contribution in [2.75, 3.05) is 19.0 Å². The summed E-state index contributed by atoms with van der Waals surface area (Å²) in [6.45, 7) is 0. The molecule has 2 amide bonds. The molecule has 7 heteroatoms. The summed E-state index contributed by atoms with van der Waals surface area (Å²) < 4.78 is 1.79. The van der Waals surface area contributed by atoms with Gasteiger partial charge in [0.2, 0.25) is 5.91 Å². The minimum absolute atomic E-state index is 0.0517. The molecule has 0 radical (unpaired) electrons. The highest BCUT2D eigenvalue weighted by atomic mass is 35.5. The molecule has 1 aromatic heterocycles. The van der Waals surface area contributed by atoms with E-state index in [0.29, 0.717) is 16.4 Å². The number of nitrogens with zero attached hydrogens (tertiary/aromatic N) is 4. The van der Waals surface area contributed by atoms with Crippen molar-refractivity contribution >= 4 is 34.8 Å². The molecular formula is C20H17ClN4O2. The molecule has 0 atom stereocenters. The van der Waals surface area contributed by atoms with Crippen molar-refractivity contribution in [2.45, 2.75) is 6.42 Å². The van der Waals surface area contributed by atoms with Crippen LogP contribution in [0.3, 0.4) is 0 Å². The molecule has 0 fully saturated rings. The third kappa shape index (κ3) is 2.88. The molecule has 0 unspecified atom stereocenters. The molecule has 27 heavy (non-hydrogen) atoms. The van der Waals surface area contributed by atoms with Crippen LogP contribution in [0.5, 0.6) is 0 Å². The zero-order valence-corrected chi connectivity index (χ0v) is 15.6. The van der Waals surface area contributed by atoms with Gasteiger partial charge in [-0.2, -0.15) is 0 Å². The van der Waals surface area contributed by atoms with E-state index in [1.54, 1.807) is 42.0 Å². The highest BCUT2D eigenvalue weighted by molar-refractivity contribution is 6.31. The molecule has 2 heterocycles. The Morgan fingerprint density at radius 2 is 1.85 bits per heavy atom. The molecule has 1 aliphatic rings. The largest absolute Gasteiger partial charge is 0.343 e. The first kappa shape index (κ1) is 17.3. The van der Waals surface area contributed by atoms with Crippen LogP contribution in [0.2, 0.25) is 5.02 Å². The Bertz CT molecular complexity index is 1040. The van der Waals surface area contributed by atoms with Crippen molar-refractivity contribution in [3.8, 4) is 5.69 Å². The van der Waals surface area contributed by atoms with Gasteiger partial charge in [0.05, 0.1) is 23.5 Å². The molecule has 0 spiro atoms. The van der Waals surface area contributed by atoms with Crippen molar-refractivity contribution in [1.29, 1.82) is 0 Å². The highest BCUT2D eigenvalue weighted by Crippen LogP contribution is 2.37. The molecule has 6 nitrogen and oxygen atoms in total. The number of para-hydroxylation sites is 1. The van der Waals surface area contributed by atoms with Crippen LogP contribution in [-0.2, 0) is 11.2 Å². The molecule has 0 bridgehead atoms. The van der Waals surface area contributed by atoms with Crippen LogP contribution in [0.1, 0.15) is 16.2 Å². The second-order valence-electron chi connectivity index (χ2n) is 6.48. The Labute approximate surface area is 161 Å². The van der Waals surface area contributed by atoms with Crippen molar-refractivity contribution in [3.05, 3.63) is 71.3 Å². The standard InChI is InChI=1S/C20H17ClN4O2/c1-23(2)20(27)19-17-11-18(26)25(14-6-4-3-5-7-14)16-10-13(21)8-9-15(16)24(17)12-22-19/h3-10,12H,11H2,1-2H3. The van der Waals surface area contributed by atoms with Crippen LogP contribution in [0.25, 0.3) is 5.69 Å². The summed E-state index contributed by atoms with van der Waals surface area (Å²) in [4.78, 5) is 33.1. The predicted octanol–water partition coefficient (Wildman–Crippen LogP) is 3.45. The van der Waals surface area contributed by atoms with Crippen LogP contribution in [-0.4, -0.2) is 40.4 Å².